The molecule has 0 saturated heterocycles. The van der Waals surface area contributed by atoms with E-state index in [1.54, 1.807) is 6.92 Å². The molecule has 4 aliphatic carbocycles. The van der Waals surface area contributed by atoms with Crippen molar-refractivity contribution in [2.75, 3.05) is 0 Å². The summed E-state index contributed by atoms with van der Waals surface area (Å²) in [4.78, 5) is 35.9. The van der Waals surface area contributed by atoms with Crippen LogP contribution in [0.3, 0.4) is 0 Å². The number of Topliss-reactive ketones (excluding diaryl/α,β-unsaturated/α-hetero) is 1. The van der Waals surface area contributed by atoms with E-state index < -0.39 is 63.0 Å². The topological polar surface area (TPSA) is 69.7 Å². The van der Waals surface area contributed by atoms with Crippen LogP contribution in [-0.4, -0.2) is 45.2 Å². The van der Waals surface area contributed by atoms with Crippen LogP contribution in [0.5, 0.6) is 0 Å². The van der Waals surface area contributed by atoms with Crippen LogP contribution in [0, 0.1) is 11.3 Å². The zero-order valence-corrected chi connectivity index (χ0v) is 18.7. The number of ketones is 1. The molecule has 5 nitrogen and oxygen atoms in total. The Morgan fingerprint density at radius 1 is 0.935 bits per heavy atom. The molecule has 4 saturated carbocycles. The Kier molecular flexibility index (Phi) is 6.14. The summed E-state index contributed by atoms with van der Waals surface area (Å²) in [6.45, 7) is 1.73. The smallest absolute Gasteiger partial charge is 0.458 e. The van der Waals surface area contributed by atoms with Gasteiger partial charge in [0.25, 0.3) is 0 Å². The van der Waals surface area contributed by atoms with Gasteiger partial charge in [-0.3, -0.25) is 9.59 Å². The van der Waals surface area contributed by atoms with E-state index in [-0.39, 0.29) is 38.5 Å². The third-order valence-corrected chi connectivity index (χ3v) is 7.79. The Hall–Kier alpha value is -1.08. The summed E-state index contributed by atoms with van der Waals surface area (Å²) in [6.07, 6.45) is -11.1. The number of ether oxygens (including phenoxy) is 2. The van der Waals surface area contributed by atoms with Crippen LogP contribution < -0.4 is 0 Å². The second kappa shape index (κ2) is 7.75. The van der Waals surface area contributed by atoms with Gasteiger partial charge < -0.3 is 9.47 Å². The highest BCUT2D eigenvalue weighted by molar-refractivity contribution is 14.1. The SMILES string of the molecule is CCC(I)C(=O)OC12CC3CC(CC(=O)C(F)(F)F)(C1)CC(OC(=O)C(F)(F)F)(C3)C2. The van der Waals surface area contributed by atoms with Crippen molar-refractivity contribution in [2.24, 2.45) is 11.3 Å². The lowest BCUT2D eigenvalue weighted by atomic mass is 9.45. The van der Waals surface area contributed by atoms with Gasteiger partial charge in [0, 0.05) is 12.8 Å². The number of hydrogen-bond donors (Lipinski definition) is 0. The molecule has 0 aromatic carbocycles. The molecule has 0 spiro atoms. The number of rotatable bonds is 6. The molecule has 0 heterocycles. The van der Waals surface area contributed by atoms with Crippen LogP contribution in [-0.2, 0) is 23.9 Å². The third kappa shape index (κ3) is 4.97. The molecular weight excluding hydrogens is 549 g/mol. The van der Waals surface area contributed by atoms with E-state index in [1.165, 1.54) is 0 Å². The fraction of sp³-hybridized carbons (Fsp3) is 0.842. The van der Waals surface area contributed by atoms with Crippen LogP contribution in [0.1, 0.15) is 58.3 Å². The van der Waals surface area contributed by atoms with Gasteiger partial charge in [-0.25, -0.2) is 4.79 Å². The first kappa shape index (κ1) is 24.6. The van der Waals surface area contributed by atoms with E-state index in [0.29, 0.717) is 6.42 Å². The molecule has 4 bridgehead atoms. The van der Waals surface area contributed by atoms with Crippen LogP contribution in [0.4, 0.5) is 26.3 Å². The van der Waals surface area contributed by atoms with Crippen LogP contribution in [0.2, 0.25) is 0 Å². The van der Waals surface area contributed by atoms with E-state index in [0.717, 1.165) is 0 Å². The molecular formula is C19H21F6IO5. The van der Waals surface area contributed by atoms with E-state index >= 15 is 0 Å². The molecule has 31 heavy (non-hydrogen) atoms. The zero-order chi connectivity index (χ0) is 23.5. The van der Waals surface area contributed by atoms with E-state index in [9.17, 15) is 40.7 Å². The molecule has 5 unspecified atom stereocenters. The van der Waals surface area contributed by atoms with E-state index in [4.69, 9.17) is 9.47 Å². The number of esters is 2. The number of halogens is 7. The lowest BCUT2D eigenvalue weighted by Gasteiger charge is -2.64. The van der Waals surface area contributed by atoms with Crippen molar-refractivity contribution in [1.82, 2.24) is 0 Å². The predicted octanol–water partition coefficient (Wildman–Crippen LogP) is 4.83. The standard InChI is InChI=1S/C19H21F6IO5/c1-2-11(26)13(28)30-16-4-10-3-15(7-16,6-12(27)18(20,21)22)8-17(5-10,9-16)31-14(29)19(23,24)25/h10-11H,2-9H2,1H3. The normalized spacial score (nSPS) is 35.5. The first-order chi connectivity index (χ1) is 14.0. The molecule has 0 radical (unpaired) electrons. The minimum absolute atomic E-state index is 0.0253. The van der Waals surface area contributed by atoms with Gasteiger partial charge in [-0.2, -0.15) is 26.3 Å². The van der Waals surface area contributed by atoms with Crippen molar-refractivity contribution >= 4 is 40.3 Å². The van der Waals surface area contributed by atoms with Crippen molar-refractivity contribution < 1.29 is 50.2 Å². The Labute approximate surface area is 187 Å². The van der Waals surface area contributed by atoms with Gasteiger partial charge in [0.2, 0.25) is 5.78 Å². The van der Waals surface area contributed by atoms with Gasteiger partial charge in [0.1, 0.15) is 15.1 Å². The highest BCUT2D eigenvalue weighted by atomic mass is 127. The maximum atomic E-state index is 13.0. The van der Waals surface area contributed by atoms with Crippen LogP contribution in [0.15, 0.2) is 0 Å². The highest BCUT2D eigenvalue weighted by Crippen LogP contribution is 2.67. The van der Waals surface area contributed by atoms with Gasteiger partial charge in [-0.15, -0.1) is 0 Å². The van der Waals surface area contributed by atoms with Gasteiger partial charge in [-0.1, -0.05) is 29.5 Å². The van der Waals surface area contributed by atoms with Gasteiger partial charge in [0.05, 0.1) is 0 Å². The Morgan fingerprint density at radius 2 is 1.48 bits per heavy atom. The second-order valence-corrected chi connectivity index (χ2v) is 10.7. The fourth-order valence-corrected chi connectivity index (χ4v) is 6.15. The second-order valence-electron chi connectivity index (χ2n) is 9.16. The minimum Gasteiger partial charge on any atom is -0.458 e. The maximum absolute atomic E-state index is 13.0. The quantitative estimate of drug-likeness (QED) is 0.198. The van der Waals surface area contributed by atoms with Crippen molar-refractivity contribution in [2.45, 2.75) is 85.8 Å². The molecule has 4 rings (SSSR count). The summed E-state index contributed by atoms with van der Waals surface area (Å²) in [5.74, 6) is -5.48. The number of alkyl halides is 7. The average Bonchev–Trinajstić information content (AvgIpc) is 2.56. The molecule has 0 amide bonds. The highest BCUT2D eigenvalue weighted by Gasteiger charge is 2.68. The molecule has 0 aromatic rings. The van der Waals surface area contributed by atoms with E-state index in [2.05, 4.69) is 0 Å². The molecule has 0 aliphatic heterocycles. The Morgan fingerprint density at radius 3 is 1.97 bits per heavy atom. The molecule has 12 heteroatoms. The van der Waals surface area contributed by atoms with E-state index in [1.807, 2.05) is 22.6 Å². The van der Waals surface area contributed by atoms with Crippen molar-refractivity contribution in [3.63, 3.8) is 0 Å². The van der Waals surface area contributed by atoms with Crippen molar-refractivity contribution in [3.8, 4) is 0 Å². The minimum atomic E-state index is -5.28. The number of hydrogen-bond acceptors (Lipinski definition) is 5. The summed E-state index contributed by atoms with van der Waals surface area (Å²) in [5, 5.41) is 0. The average molecular weight is 570 g/mol. The van der Waals surface area contributed by atoms with Gasteiger partial charge in [-0.05, 0) is 49.9 Å². The summed E-state index contributed by atoms with van der Waals surface area (Å²) >= 11 is 1.85. The molecule has 4 fully saturated rings. The van der Waals surface area contributed by atoms with Crippen LogP contribution >= 0.6 is 22.6 Å². The van der Waals surface area contributed by atoms with Gasteiger partial charge >= 0.3 is 24.3 Å². The zero-order valence-electron chi connectivity index (χ0n) is 16.5. The molecule has 176 valence electrons. The number of carbonyl (C=O) groups excluding carboxylic acids is 3. The lowest BCUT2D eigenvalue weighted by Crippen LogP contribution is -2.66. The Balaban J connectivity index is 1.96. The summed E-state index contributed by atoms with van der Waals surface area (Å²) in [6, 6.07) is 0. The van der Waals surface area contributed by atoms with Gasteiger partial charge in [0.15, 0.2) is 0 Å². The summed E-state index contributed by atoms with van der Waals surface area (Å²) in [7, 11) is 0. The molecule has 0 N–H and O–H groups in total. The fourth-order valence-electron chi connectivity index (χ4n) is 6.02. The molecule has 4 aliphatic rings. The summed E-state index contributed by atoms with van der Waals surface area (Å²) < 4.78 is 87.6. The molecule has 0 aromatic heterocycles. The first-order valence-corrected chi connectivity index (χ1v) is 11.0. The van der Waals surface area contributed by atoms with Crippen molar-refractivity contribution in [1.29, 1.82) is 0 Å². The number of carbonyl (C=O) groups is 3. The maximum Gasteiger partial charge on any atom is 0.490 e. The van der Waals surface area contributed by atoms with Crippen molar-refractivity contribution in [3.05, 3.63) is 0 Å². The Bertz CT molecular complexity index is 735. The third-order valence-electron chi connectivity index (χ3n) is 6.41. The molecule has 5 atom stereocenters. The predicted molar refractivity (Wildman–Crippen MR) is 101 cm³/mol. The lowest BCUT2D eigenvalue weighted by molar-refractivity contribution is -0.268. The monoisotopic (exact) mass is 570 g/mol. The first-order valence-electron chi connectivity index (χ1n) is 9.80. The van der Waals surface area contributed by atoms with Crippen LogP contribution in [0.25, 0.3) is 0 Å². The largest absolute Gasteiger partial charge is 0.490 e. The summed E-state index contributed by atoms with van der Waals surface area (Å²) in [5.41, 5.74) is -4.46.